The summed E-state index contributed by atoms with van der Waals surface area (Å²) in [5, 5.41) is 8.48. The Morgan fingerprint density at radius 3 is 1.64 bits per heavy atom. The molecule has 2 heteroatoms. The predicted molar refractivity (Wildman–Crippen MR) is 257 cm³/mol. The largest absolute Gasteiger partial charge is 0.314 e. The van der Waals surface area contributed by atoms with Gasteiger partial charge >= 0.3 is 0 Å². The van der Waals surface area contributed by atoms with Crippen molar-refractivity contribution in [2.75, 3.05) is 9.80 Å². The molecule has 0 aliphatic heterocycles. The lowest BCUT2D eigenvalue weighted by Gasteiger charge is -2.34. The molecule has 2 fully saturated rings. The van der Waals surface area contributed by atoms with Gasteiger partial charge in [-0.2, -0.15) is 0 Å². The van der Waals surface area contributed by atoms with Gasteiger partial charge in [0.15, 0.2) is 0 Å². The first kappa shape index (κ1) is 38.9. The Morgan fingerprint density at radius 1 is 0.542 bits per heavy atom. The highest BCUT2D eigenvalue weighted by Crippen LogP contribution is 2.53. The molecule has 0 radical (unpaired) electrons. The van der Waals surface area contributed by atoms with Gasteiger partial charge in [0, 0.05) is 33.5 Å². The first-order valence-corrected chi connectivity index (χ1v) is 22.4. The third-order valence-electron chi connectivity index (χ3n) is 13.6. The molecule has 7 aromatic carbocycles. The Morgan fingerprint density at radius 2 is 1.08 bits per heavy atom. The molecule has 2 aliphatic carbocycles. The first-order valence-electron chi connectivity index (χ1n) is 22.4. The minimum absolute atomic E-state index is 0.539. The lowest BCUT2D eigenvalue weighted by Crippen LogP contribution is -2.17. The van der Waals surface area contributed by atoms with Crippen molar-refractivity contribution in [3.63, 3.8) is 0 Å². The maximum absolute atomic E-state index is 4.02. The fourth-order valence-corrected chi connectivity index (χ4v) is 10.8. The highest BCUT2D eigenvalue weighted by Gasteiger charge is 2.29. The van der Waals surface area contributed by atoms with E-state index in [2.05, 4.69) is 172 Å². The molecule has 7 aromatic rings. The fraction of sp³-hybridized carbons (Fsp3) is 0.298. The topological polar surface area (TPSA) is 6.48 Å². The van der Waals surface area contributed by atoms with Gasteiger partial charge in [0.2, 0.25) is 0 Å². The maximum atomic E-state index is 4.02. The summed E-state index contributed by atoms with van der Waals surface area (Å²) < 4.78 is 0. The van der Waals surface area contributed by atoms with Crippen LogP contribution in [0.25, 0.3) is 32.3 Å². The Labute approximate surface area is 352 Å². The third-order valence-corrected chi connectivity index (χ3v) is 13.6. The van der Waals surface area contributed by atoms with Gasteiger partial charge in [-0.1, -0.05) is 118 Å². The van der Waals surface area contributed by atoms with Crippen LogP contribution in [0.1, 0.15) is 118 Å². The number of allylic oxidation sites excluding steroid dienone is 5. The average molecular weight is 773 g/mol. The molecule has 2 aliphatic rings. The molecule has 0 aromatic heterocycles. The molecule has 0 saturated heterocycles. The van der Waals surface area contributed by atoms with Crippen molar-refractivity contribution >= 4 is 60.8 Å². The van der Waals surface area contributed by atoms with E-state index in [1.165, 1.54) is 164 Å². The number of hydrogen-bond acceptors (Lipinski definition) is 2. The Bertz CT molecular complexity index is 2710. The van der Waals surface area contributed by atoms with Crippen molar-refractivity contribution in [2.24, 2.45) is 0 Å². The normalized spacial score (nSPS) is 16.0. The van der Waals surface area contributed by atoms with E-state index >= 15 is 0 Å². The fourth-order valence-electron chi connectivity index (χ4n) is 10.8. The molecular formula is C57H60N2. The second-order valence-electron chi connectivity index (χ2n) is 17.7. The van der Waals surface area contributed by atoms with Gasteiger partial charge in [-0.15, -0.1) is 0 Å². The van der Waals surface area contributed by atoms with Crippen LogP contribution in [0.3, 0.4) is 0 Å². The summed E-state index contributed by atoms with van der Waals surface area (Å²) in [5.41, 5.74) is 15.4. The molecule has 298 valence electrons. The van der Waals surface area contributed by atoms with Crippen LogP contribution in [0.4, 0.5) is 28.4 Å². The summed E-state index contributed by atoms with van der Waals surface area (Å²) in [5.74, 6) is 1.08. The van der Waals surface area contributed by atoms with Crippen LogP contribution in [-0.2, 0) is 0 Å². The van der Waals surface area contributed by atoms with Gasteiger partial charge < -0.3 is 9.80 Å². The summed E-state index contributed by atoms with van der Waals surface area (Å²) >= 11 is 0. The van der Waals surface area contributed by atoms with E-state index in [4.69, 9.17) is 0 Å². The van der Waals surface area contributed by atoms with Crippen molar-refractivity contribution in [3.8, 4) is 0 Å². The molecular weight excluding hydrogens is 713 g/mol. The molecule has 0 heterocycles. The lowest BCUT2D eigenvalue weighted by atomic mass is 9.76. The predicted octanol–water partition coefficient (Wildman–Crippen LogP) is 17.2. The van der Waals surface area contributed by atoms with Crippen molar-refractivity contribution < 1.29 is 0 Å². The molecule has 0 amide bonds. The number of benzene rings is 7. The van der Waals surface area contributed by atoms with E-state index in [9.17, 15) is 0 Å². The van der Waals surface area contributed by atoms with E-state index in [1.54, 1.807) is 0 Å². The zero-order chi connectivity index (χ0) is 40.6. The highest BCUT2D eigenvalue weighted by atomic mass is 15.2. The number of para-hydroxylation sites is 2. The van der Waals surface area contributed by atoms with Crippen molar-refractivity contribution in [1.82, 2.24) is 0 Å². The van der Waals surface area contributed by atoms with E-state index in [1.807, 2.05) is 6.08 Å². The van der Waals surface area contributed by atoms with Gasteiger partial charge in [-0.25, -0.2) is 0 Å². The Kier molecular flexibility index (Phi) is 10.9. The lowest BCUT2D eigenvalue weighted by molar-refractivity contribution is 0.445. The number of nitrogens with zero attached hydrogens (tertiary/aromatic N) is 2. The molecule has 0 N–H and O–H groups in total. The van der Waals surface area contributed by atoms with Gasteiger partial charge in [0.1, 0.15) is 0 Å². The summed E-state index contributed by atoms with van der Waals surface area (Å²) in [7, 11) is 0. The van der Waals surface area contributed by atoms with E-state index < -0.39 is 0 Å². The Balaban J connectivity index is 1.44. The summed E-state index contributed by atoms with van der Waals surface area (Å²) in [4.78, 5) is 5.10. The van der Waals surface area contributed by atoms with Crippen LogP contribution in [0, 0.1) is 20.8 Å². The van der Waals surface area contributed by atoms with E-state index in [0.717, 1.165) is 0 Å². The second kappa shape index (κ2) is 16.6. The molecule has 2 saturated carbocycles. The molecule has 0 spiro atoms. The smallest absolute Gasteiger partial charge is 0.0540 e. The third kappa shape index (κ3) is 7.26. The summed E-state index contributed by atoms with van der Waals surface area (Å²) in [6, 6.07) is 42.2. The van der Waals surface area contributed by atoms with Crippen LogP contribution in [-0.4, -0.2) is 0 Å². The Hall–Kier alpha value is -5.60. The summed E-state index contributed by atoms with van der Waals surface area (Å²) in [6.07, 6.45) is 19.2. The molecule has 0 bridgehead atoms. The van der Waals surface area contributed by atoms with Crippen molar-refractivity contribution in [1.29, 1.82) is 0 Å². The minimum atomic E-state index is 0.539. The average Bonchev–Trinajstić information content (AvgIpc) is 3.25. The standard InChI is InChI=1S/C57H60N2/c1-7-19-38(2)34-42(6)58(52-28-16-14-21-40(52)4)54-32-30-46-49(44-25-12-9-13-26-44)37-51-55(59(45-27-18-20-39(3)35-45)53-29-17-15-22-41(53)5)33-31-47-48(43-23-10-8-11-24-43)36-50(54)56(46)57(47)51/h7,14-22,27-37,43-44H,1,8-13,23-26H2,2-6H3/b38-19-,42-34+. The molecule has 0 unspecified atom stereocenters. The monoisotopic (exact) mass is 772 g/mol. The van der Waals surface area contributed by atoms with Crippen LogP contribution in [0.15, 0.2) is 145 Å². The number of rotatable bonds is 10. The van der Waals surface area contributed by atoms with E-state index in [0.29, 0.717) is 11.8 Å². The van der Waals surface area contributed by atoms with Crippen molar-refractivity contribution in [3.05, 3.63) is 173 Å². The van der Waals surface area contributed by atoms with Crippen LogP contribution in [0.2, 0.25) is 0 Å². The van der Waals surface area contributed by atoms with Crippen LogP contribution >= 0.6 is 0 Å². The highest BCUT2D eigenvalue weighted by molar-refractivity contribution is 6.29. The molecule has 0 atom stereocenters. The number of anilines is 5. The van der Waals surface area contributed by atoms with Crippen LogP contribution < -0.4 is 9.80 Å². The zero-order valence-electron chi connectivity index (χ0n) is 36.0. The van der Waals surface area contributed by atoms with Gasteiger partial charge in [-0.3, -0.25) is 0 Å². The van der Waals surface area contributed by atoms with E-state index in [-0.39, 0.29) is 0 Å². The van der Waals surface area contributed by atoms with Crippen LogP contribution in [0.5, 0.6) is 0 Å². The summed E-state index contributed by atoms with van der Waals surface area (Å²) in [6.45, 7) is 15.2. The second-order valence-corrected chi connectivity index (χ2v) is 17.7. The number of aryl methyl sites for hydroxylation is 3. The minimum Gasteiger partial charge on any atom is -0.314 e. The molecule has 2 nitrogen and oxygen atoms in total. The zero-order valence-corrected chi connectivity index (χ0v) is 36.0. The first-order chi connectivity index (χ1) is 28.8. The maximum Gasteiger partial charge on any atom is 0.0540 e. The van der Waals surface area contributed by atoms with Gasteiger partial charge in [0.05, 0.1) is 11.4 Å². The number of hydrogen-bond donors (Lipinski definition) is 0. The molecule has 59 heavy (non-hydrogen) atoms. The van der Waals surface area contributed by atoms with Gasteiger partial charge in [0.25, 0.3) is 0 Å². The SMILES string of the molecule is C=C/C=C(C)\C=C(/C)N(c1ccccc1C)c1ccc2c(C3CCCCC3)cc3c(N(c4cccc(C)c4)c4ccccc4C)ccc4c(C5CCCCC5)cc1c2c43. The quantitative estimate of drug-likeness (QED) is 0.101. The van der Waals surface area contributed by atoms with Gasteiger partial charge in [-0.05, 0) is 182 Å². The van der Waals surface area contributed by atoms with Crippen molar-refractivity contribution in [2.45, 2.75) is 111 Å². The molecule has 9 rings (SSSR count).